The number of hydrogen-bond acceptors (Lipinski definition) is 8. The van der Waals surface area contributed by atoms with Gasteiger partial charge in [0, 0.05) is 37.8 Å². The van der Waals surface area contributed by atoms with Crippen LogP contribution in [0.3, 0.4) is 0 Å². The molecule has 1 aromatic heterocycles. The number of amides is 2. The molecule has 0 bridgehead atoms. The largest absolute Gasteiger partial charge is 0.494 e. The quantitative estimate of drug-likeness (QED) is 0.510. The van der Waals surface area contributed by atoms with Gasteiger partial charge in [-0.1, -0.05) is 6.07 Å². The van der Waals surface area contributed by atoms with E-state index in [1.54, 1.807) is 25.1 Å². The number of benzene rings is 2. The number of thiazole rings is 1. The molecule has 2 aromatic carbocycles. The summed E-state index contributed by atoms with van der Waals surface area (Å²) in [6.07, 6.45) is 0. The zero-order valence-corrected chi connectivity index (χ0v) is 21.4. The van der Waals surface area contributed by atoms with Crippen LogP contribution in [-0.2, 0) is 16.1 Å². The van der Waals surface area contributed by atoms with Gasteiger partial charge in [-0.3, -0.25) is 9.59 Å². The number of methoxy groups -OCH3 is 1. The van der Waals surface area contributed by atoms with Gasteiger partial charge in [-0.2, -0.15) is 0 Å². The summed E-state index contributed by atoms with van der Waals surface area (Å²) in [5, 5.41) is 0.678. The molecular formula is C25H31N5O4S. The minimum atomic E-state index is -0.525. The highest BCUT2D eigenvalue weighted by Gasteiger charge is 2.22. The van der Waals surface area contributed by atoms with E-state index in [0.29, 0.717) is 48.2 Å². The van der Waals surface area contributed by atoms with Crippen LogP contribution < -0.4 is 15.4 Å². The number of morpholine rings is 1. The van der Waals surface area contributed by atoms with Crippen molar-refractivity contribution < 1.29 is 19.1 Å². The predicted molar refractivity (Wildman–Crippen MR) is 138 cm³/mol. The first kappa shape index (κ1) is 24.9. The summed E-state index contributed by atoms with van der Waals surface area (Å²) in [5.41, 5.74) is 9.47. The molecule has 1 saturated heterocycles. The predicted octanol–water partition coefficient (Wildman–Crippen LogP) is 2.43. The smallest absolute Gasteiger partial charge is 0.249 e. The highest BCUT2D eigenvalue weighted by atomic mass is 32.1. The number of likely N-dealkylation sites (N-methyl/N-ethyl adjacent to an activating group) is 2. The molecule has 186 valence electrons. The molecule has 2 amide bonds. The number of rotatable bonds is 8. The number of anilines is 1. The van der Waals surface area contributed by atoms with E-state index in [1.807, 2.05) is 43.3 Å². The fourth-order valence-electron chi connectivity index (χ4n) is 4.14. The maximum atomic E-state index is 12.4. The summed E-state index contributed by atoms with van der Waals surface area (Å²) in [4.78, 5) is 35.4. The fourth-order valence-corrected chi connectivity index (χ4v) is 5.29. The molecule has 2 N–H and O–H groups in total. The van der Waals surface area contributed by atoms with Crippen molar-refractivity contribution in [3.8, 4) is 16.3 Å². The summed E-state index contributed by atoms with van der Waals surface area (Å²) in [6.45, 7) is 3.67. The second kappa shape index (κ2) is 10.6. The topological polar surface area (TPSA) is 101 Å². The number of primary amides is 1. The highest BCUT2D eigenvalue weighted by Crippen LogP contribution is 2.41. The van der Waals surface area contributed by atoms with Gasteiger partial charge in [-0.15, -0.1) is 11.3 Å². The maximum absolute atomic E-state index is 12.4. The summed E-state index contributed by atoms with van der Waals surface area (Å²) in [6, 6.07) is 9.41. The van der Waals surface area contributed by atoms with Gasteiger partial charge in [0.05, 0.1) is 37.3 Å². The standard InChI is InChI=1S/C25H31N5O4S/c1-28(2)15-21(31)29(3)14-16-5-6-17(24(26)32)18(13-16)25-27-22-20(33-4)8-7-19(23(22)35-25)30-9-11-34-12-10-30/h5-8,13H,9-12,14-15H2,1-4H3,(H2,26,32). The Kier molecular flexibility index (Phi) is 7.54. The van der Waals surface area contributed by atoms with Crippen molar-refractivity contribution in [2.75, 3.05) is 66.0 Å². The molecule has 1 aliphatic heterocycles. The van der Waals surface area contributed by atoms with Gasteiger partial charge in [0.15, 0.2) is 0 Å². The van der Waals surface area contributed by atoms with Crippen LogP contribution in [-0.4, -0.2) is 87.7 Å². The van der Waals surface area contributed by atoms with Gasteiger partial charge < -0.3 is 29.9 Å². The number of nitrogens with two attached hydrogens (primary N) is 1. The van der Waals surface area contributed by atoms with E-state index < -0.39 is 5.91 Å². The summed E-state index contributed by atoms with van der Waals surface area (Å²) in [5.74, 6) is 0.156. The monoisotopic (exact) mass is 497 g/mol. The van der Waals surface area contributed by atoms with Crippen molar-refractivity contribution in [3.63, 3.8) is 0 Å². The van der Waals surface area contributed by atoms with Crippen LogP contribution in [0.4, 0.5) is 5.69 Å². The maximum Gasteiger partial charge on any atom is 0.249 e. The Balaban J connectivity index is 1.76. The Hall–Kier alpha value is -3.21. The van der Waals surface area contributed by atoms with Crippen molar-refractivity contribution in [1.82, 2.24) is 14.8 Å². The summed E-state index contributed by atoms with van der Waals surface area (Å²) in [7, 11) is 7.11. The molecule has 9 nitrogen and oxygen atoms in total. The number of carbonyl (C=O) groups is 2. The third-order valence-corrected chi connectivity index (χ3v) is 7.05. The summed E-state index contributed by atoms with van der Waals surface area (Å²) < 4.78 is 12.1. The number of carbonyl (C=O) groups excluding carboxylic acids is 2. The van der Waals surface area contributed by atoms with E-state index in [0.717, 1.165) is 34.6 Å². The van der Waals surface area contributed by atoms with E-state index in [4.69, 9.17) is 20.2 Å². The summed E-state index contributed by atoms with van der Waals surface area (Å²) >= 11 is 1.51. The van der Waals surface area contributed by atoms with Crippen LogP contribution >= 0.6 is 11.3 Å². The number of ether oxygens (including phenoxy) is 2. The molecule has 10 heteroatoms. The van der Waals surface area contributed by atoms with E-state index in [9.17, 15) is 9.59 Å². The molecule has 0 atom stereocenters. The lowest BCUT2D eigenvalue weighted by Gasteiger charge is -2.29. The number of aromatic nitrogens is 1. The molecule has 2 heterocycles. The number of hydrogen-bond donors (Lipinski definition) is 1. The molecule has 0 spiro atoms. The van der Waals surface area contributed by atoms with Gasteiger partial charge >= 0.3 is 0 Å². The van der Waals surface area contributed by atoms with Crippen molar-refractivity contribution in [1.29, 1.82) is 0 Å². The van der Waals surface area contributed by atoms with Crippen LogP contribution in [0.2, 0.25) is 0 Å². The third-order valence-electron chi connectivity index (χ3n) is 5.93. The number of nitrogens with zero attached hydrogens (tertiary/aromatic N) is 4. The van der Waals surface area contributed by atoms with Gasteiger partial charge in [-0.25, -0.2) is 4.98 Å². The first-order valence-electron chi connectivity index (χ1n) is 11.4. The Morgan fingerprint density at radius 3 is 2.57 bits per heavy atom. The minimum Gasteiger partial charge on any atom is -0.494 e. The molecule has 3 aromatic rings. The van der Waals surface area contributed by atoms with Crippen molar-refractivity contribution in [3.05, 3.63) is 41.5 Å². The van der Waals surface area contributed by atoms with E-state index in [2.05, 4.69) is 4.90 Å². The van der Waals surface area contributed by atoms with Crippen molar-refractivity contribution >= 4 is 39.1 Å². The second-order valence-electron chi connectivity index (χ2n) is 8.81. The zero-order valence-electron chi connectivity index (χ0n) is 20.5. The third kappa shape index (κ3) is 5.39. The van der Waals surface area contributed by atoms with Gasteiger partial charge in [0.1, 0.15) is 16.3 Å². The van der Waals surface area contributed by atoms with Crippen LogP contribution in [0.25, 0.3) is 20.8 Å². The van der Waals surface area contributed by atoms with Crippen LogP contribution in [0.15, 0.2) is 30.3 Å². The van der Waals surface area contributed by atoms with E-state index >= 15 is 0 Å². The molecule has 35 heavy (non-hydrogen) atoms. The molecule has 4 rings (SSSR count). The molecule has 0 unspecified atom stereocenters. The van der Waals surface area contributed by atoms with Gasteiger partial charge in [0.2, 0.25) is 11.8 Å². The SMILES string of the molecule is COc1ccc(N2CCOCC2)c2sc(-c3cc(CN(C)C(=O)CN(C)C)ccc3C(N)=O)nc12. The van der Waals surface area contributed by atoms with Crippen LogP contribution in [0.1, 0.15) is 15.9 Å². The normalized spacial score (nSPS) is 13.9. The average Bonchev–Trinajstić information content (AvgIpc) is 3.29. The Bertz CT molecular complexity index is 1240. The van der Waals surface area contributed by atoms with Crippen LogP contribution in [0.5, 0.6) is 5.75 Å². The average molecular weight is 498 g/mol. The molecule has 1 aliphatic rings. The lowest BCUT2D eigenvalue weighted by molar-refractivity contribution is -0.131. The Labute approximate surface area is 209 Å². The van der Waals surface area contributed by atoms with Crippen molar-refractivity contribution in [2.45, 2.75) is 6.54 Å². The first-order valence-corrected chi connectivity index (χ1v) is 12.2. The van der Waals surface area contributed by atoms with Crippen molar-refractivity contribution in [2.24, 2.45) is 5.73 Å². The molecular weight excluding hydrogens is 466 g/mol. The van der Waals surface area contributed by atoms with Crippen LogP contribution in [0, 0.1) is 0 Å². The highest BCUT2D eigenvalue weighted by molar-refractivity contribution is 7.22. The van der Waals surface area contributed by atoms with Gasteiger partial charge in [-0.05, 0) is 43.9 Å². The fraction of sp³-hybridized carbons (Fsp3) is 0.400. The van der Waals surface area contributed by atoms with Gasteiger partial charge in [0.25, 0.3) is 0 Å². The number of fused-ring (bicyclic) bond motifs is 1. The molecule has 0 radical (unpaired) electrons. The Morgan fingerprint density at radius 2 is 1.91 bits per heavy atom. The lowest BCUT2D eigenvalue weighted by Crippen LogP contribution is -2.36. The van der Waals surface area contributed by atoms with E-state index in [-0.39, 0.29) is 5.91 Å². The Morgan fingerprint density at radius 1 is 1.17 bits per heavy atom. The molecule has 1 fully saturated rings. The molecule has 0 aliphatic carbocycles. The first-order chi connectivity index (χ1) is 16.8. The second-order valence-corrected chi connectivity index (χ2v) is 9.81. The van der Waals surface area contributed by atoms with E-state index in [1.165, 1.54) is 11.3 Å². The zero-order chi connectivity index (χ0) is 25.1. The molecule has 0 saturated carbocycles. The minimum absolute atomic E-state index is 0.00963. The lowest BCUT2D eigenvalue weighted by atomic mass is 10.0.